The summed E-state index contributed by atoms with van der Waals surface area (Å²) in [5, 5.41) is 1.00. The molecule has 0 radical (unpaired) electrons. The van der Waals surface area contributed by atoms with E-state index in [0.29, 0.717) is 5.56 Å². The lowest BCUT2D eigenvalue weighted by Crippen LogP contribution is -2.12. The van der Waals surface area contributed by atoms with Gasteiger partial charge in [0.25, 0.3) is 0 Å². The quantitative estimate of drug-likeness (QED) is 0.394. The minimum atomic E-state index is -4.44. The first kappa shape index (κ1) is 17.5. The Morgan fingerprint density at radius 3 is 2.07 bits per heavy atom. The zero-order valence-electron chi connectivity index (χ0n) is 15.3. The lowest BCUT2D eigenvalue weighted by molar-refractivity contribution is -0.137. The SMILES string of the molecule is Cc1ccc(C)n1-c1ccc(-c2ccc3c(ccn3C)c2)cc1C(F)(F)F. The number of aryl methyl sites for hydroxylation is 3. The van der Waals surface area contributed by atoms with Crippen molar-refractivity contribution in [1.29, 1.82) is 0 Å². The van der Waals surface area contributed by atoms with Crippen molar-refractivity contribution in [3.63, 3.8) is 0 Å². The second kappa shape index (κ2) is 6.05. The lowest BCUT2D eigenvalue weighted by Gasteiger charge is -2.18. The maximum Gasteiger partial charge on any atom is 0.418 e. The van der Waals surface area contributed by atoms with Gasteiger partial charge in [0, 0.05) is 35.5 Å². The highest BCUT2D eigenvalue weighted by Gasteiger charge is 2.34. The average Bonchev–Trinajstić information content (AvgIpc) is 3.16. The Morgan fingerprint density at radius 2 is 1.41 bits per heavy atom. The molecule has 0 saturated heterocycles. The molecule has 2 aromatic carbocycles. The van der Waals surface area contributed by atoms with Gasteiger partial charge < -0.3 is 9.13 Å². The minimum Gasteiger partial charge on any atom is -0.351 e. The Balaban J connectivity index is 1.90. The van der Waals surface area contributed by atoms with Crippen LogP contribution in [0.1, 0.15) is 17.0 Å². The number of nitrogens with zero attached hydrogens (tertiary/aromatic N) is 2. The first-order chi connectivity index (χ1) is 12.8. The van der Waals surface area contributed by atoms with Gasteiger partial charge in [0.05, 0.1) is 11.3 Å². The molecule has 2 heterocycles. The molecule has 0 N–H and O–H groups in total. The van der Waals surface area contributed by atoms with Gasteiger partial charge in [0.1, 0.15) is 0 Å². The topological polar surface area (TPSA) is 9.86 Å². The van der Waals surface area contributed by atoms with Crippen molar-refractivity contribution in [1.82, 2.24) is 9.13 Å². The number of hydrogen-bond acceptors (Lipinski definition) is 0. The molecule has 5 heteroatoms. The summed E-state index contributed by atoms with van der Waals surface area (Å²) in [6.45, 7) is 3.62. The molecule has 0 unspecified atom stereocenters. The third-order valence-corrected chi connectivity index (χ3v) is 5.03. The van der Waals surface area contributed by atoms with Crippen molar-refractivity contribution in [3.8, 4) is 16.8 Å². The third kappa shape index (κ3) is 2.93. The first-order valence-electron chi connectivity index (χ1n) is 8.68. The molecule has 0 aliphatic rings. The molecule has 0 fully saturated rings. The average molecular weight is 368 g/mol. The van der Waals surface area contributed by atoms with Crippen molar-refractivity contribution in [2.24, 2.45) is 7.05 Å². The van der Waals surface area contributed by atoms with Crippen molar-refractivity contribution >= 4 is 10.9 Å². The molecule has 0 atom stereocenters. The Labute approximate surface area is 155 Å². The fourth-order valence-electron chi connectivity index (χ4n) is 3.65. The summed E-state index contributed by atoms with van der Waals surface area (Å²) >= 11 is 0. The summed E-state index contributed by atoms with van der Waals surface area (Å²) in [5.74, 6) is 0. The molecule has 0 aliphatic carbocycles. The smallest absolute Gasteiger partial charge is 0.351 e. The number of aromatic nitrogens is 2. The predicted octanol–water partition coefficient (Wildman–Crippen LogP) is 6.27. The van der Waals surface area contributed by atoms with Crippen LogP contribution >= 0.6 is 0 Å². The van der Waals surface area contributed by atoms with Gasteiger partial charge in [0.2, 0.25) is 0 Å². The molecule has 138 valence electrons. The number of hydrogen-bond donors (Lipinski definition) is 0. The van der Waals surface area contributed by atoms with Gasteiger partial charge >= 0.3 is 6.18 Å². The van der Waals surface area contributed by atoms with Crippen molar-refractivity contribution in [2.45, 2.75) is 20.0 Å². The second-order valence-corrected chi connectivity index (χ2v) is 6.88. The van der Waals surface area contributed by atoms with Crippen LogP contribution in [0, 0.1) is 13.8 Å². The van der Waals surface area contributed by atoms with Gasteiger partial charge in [-0.3, -0.25) is 0 Å². The van der Waals surface area contributed by atoms with Gasteiger partial charge in [-0.05, 0) is 67.4 Å². The Morgan fingerprint density at radius 1 is 0.778 bits per heavy atom. The van der Waals surface area contributed by atoms with Crippen LogP contribution in [-0.4, -0.2) is 9.13 Å². The van der Waals surface area contributed by atoms with Crippen LogP contribution in [0.25, 0.3) is 27.7 Å². The van der Waals surface area contributed by atoms with Crippen LogP contribution < -0.4 is 0 Å². The van der Waals surface area contributed by atoms with Crippen LogP contribution in [0.3, 0.4) is 0 Å². The highest BCUT2D eigenvalue weighted by atomic mass is 19.4. The van der Waals surface area contributed by atoms with E-state index >= 15 is 0 Å². The number of alkyl halides is 3. The first-order valence-corrected chi connectivity index (χ1v) is 8.68. The zero-order chi connectivity index (χ0) is 19.3. The molecule has 4 rings (SSSR count). The maximum absolute atomic E-state index is 13.8. The number of rotatable bonds is 2. The highest BCUT2D eigenvalue weighted by Crippen LogP contribution is 2.38. The van der Waals surface area contributed by atoms with Crippen LogP contribution in [0.15, 0.2) is 60.8 Å². The summed E-state index contributed by atoms with van der Waals surface area (Å²) in [5.41, 5.74) is 3.45. The highest BCUT2D eigenvalue weighted by molar-refractivity contribution is 5.86. The van der Waals surface area contributed by atoms with Crippen LogP contribution in [0.2, 0.25) is 0 Å². The number of halogens is 3. The zero-order valence-corrected chi connectivity index (χ0v) is 15.3. The molecule has 0 saturated carbocycles. The van der Waals surface area contributed by atoms with Crippen molar-refractivity contribution in [3.05, 3.63) is 77.7 Å². The van der Waals surface area contributed by atoms with Gasteiger partial charge in [-0.2, -0.15) is 13.2 Å². The second-order valence-electron chi connectivity index (χ2n) is 6.88. The van der Waals surface area contributed by atoms with Crippen LogP contribution in [0.5, 0.6) is 0 Å². The van der Waals surface area contributed by atoms with E-state index in [9.17, 15) is 13.2 Å². The van der Waals surface area contributed by atoms with Gasteiger partial charge in [0.15, 0.2) is 0 Å². The van der Waals surface area contributed by atoms with Gasteiger partial charge in [-0.1, -0.05) is 12.1 Å². The summed E-state index contributed by atoms with van der Waals surface area (Å²) in [6.07, 6.45) is -2.50. The third-order valence-electron chi connectivity index (χ3n) is 5.03. The largest absolute Gasteiger partial charge is 0.418 e. The van der Waals surface area contributed by atoms with Crippen LogP contribution in [-0.2, 0) is 13.2 Å². The van der Waals surface area contributed by atoms with Crippen molar-refractivity contribution in [2.75, 3.05) is 0 Å². The Kier molecular flexibility index (Phi) is 3.91. The van der Waals surface area contributed by atoms with E-state index in [0.717, 1.165) is 27.9 Å². The van der Waals surface area contributed by atoms with E-state index in [-0.39, 0.29) is 5.69 Å². The standard InChI is InChI=1S/C22H19F3N2/c1-14-4-5-15(2)27(14)21-9-7-17(13-19(21)22(23,24)25)16-6-8-20-18(12-16)10-11-26(20)3/h4-13H,1-3H3. The lowest BCUT2D eigenvalue weighted by atomic mass is 10.00. The Hall–Kier alpha value is -2.95. The predicted molar refractivity (Wildman–Crippen MR) is 102 cm³/mol. The van der Waals surface area contributed by atoms with E-state index in [4.69, 9.17) is 0 Å². The molecular formula is C22H19F3N2. The minimum absolute atomic E-state index is 0.159. The molecule has 27 heavy (non-hydrogen) atoms. The fourth-order valence-corrected chi connectivity index (χ4v) is 3.65. The number of benzene rings is 2. The van der Waals surface area contributed by atoms with E-state index in [1.54, 1.807) is 16.7 Å². The summed E-state index contributed by atoms with van der Waals surface area (Å²) in [6, 6.07) is 15.9. The summed E-state index contributed by atoms with van der Waals surface area (Å²) in [4.78, 5) is 0. The normalized spacial score (nSPS) is 12.1. The molecule has 0 amide bonds. The molecule has 0 spiro atoms. The molecule has 0 bridgehead atoms. The molecule has 0 aliphatic heterocycles. The molecule has 2 aromatic heterocycles. The molecular weight excluding hydrogens is 349 g/mol. The summed E-state index contributed by atoms with van der Waals surface area (Å²) in [7, 11) is 1.94. The van der Waals surface area contributed by atoms with Crippen LogP contribution in [0.4, 0.5) is 13.2 Å². The van der Waals surface area contributed by atoms with E-state index in [1.807, 2.05) is 68.1 Å². The number of fused-ring (bicyclic) bond motifs is 1. The molecule has 2 nitrogen and oxygen atoms in total. The summed E-state index contributed by atoms with van der Waals surface area (Å²) < 4.78 is 45.2. The van der Waals surface area contributed by atoms with E-state index < -0.39 is 11.7 Å². The fraction of sp³-hybridized carbons (Fsp3) is 0.182. The van der Waals surface area contributed by atoms with Gasteiger partial charge in [-0.15, -0.1) is 0 Å². The van der Waals surface area contributed by atoms with E-state index in [1.165, 1.54) is 6.07 Å². The Bertz CT molecular complexity index is 1130. The van der Waals surface area contributed by atoms with E-state index in [2.05, 4.69) is 0 Å². The maximum atomic E-state index is 13.8. The van der Waals surface area contributed by atoms with Gasteiger partial charge in [-0.25, -0.2) is 0 Å². The molecule has 4 aromatic rings. The monoisotopic (exact) mass is 368 g/mol. The van der Waals surface area contributed by atoms with Crippen molar-refractivity contribution < 1.29 is 13.2 Å².